The molecule has 0 heterocycles. The summed E-state index contributed by atoms with van der Waals surface area (Å²) in [5, 5.41) is 7.82. The van der Waals surface area contributed by atoms with E-state index in [9.17, 15) is 9.18 Å². The van der Waals surface area contributed by atoms with Crippen molar-refractivity contribution in [2.24, 2.45) is 0 Å². The van der Waals surface area contributed by atoms with Gasteiger partial charge in [0.25, 0.3) is 0 Å². The minimum absolute atomic E-state index is 0.00926. The first-order chi connectivity index (χ1) is 3.27. The topological polar surface area (TPSA) is 37.3 Å². The van der Waals surface area contributed by atoms with Gasteiger partial charge in [-0.15, -0.1) is 0 Å². The number of halogens is 1. The molecule has 0 saturated carbocycles. The first kappa shape index (κ1) is 6.40. The summed E-state index contributed by atoms with van der Waals surface area (Å²) in [6.07, 6.45) is 0.898. The average Bonchev–Trinajstić information content (AvgIpc) is 1.61. The first-order valence-corrected chi connectivity index (χ1v) is 1.89. The van der Waals surface area contributed by atoms with Gasteiger partial charge in [0, 0.05) is 0 Å². The lowest BCUT2D eigenvalue weighted by atomic mass is 10.3. The Morgan fingerprint density at radius 1 is 1.86 bits per heavy atom. The van der Waals surface area contributed by atoms with Gasteiger partial charge < -0.3 is 5.11 Å². The van der Waals surface area contributed by atoms with E-state index in [0.717, 1.165) is 6.42 Å². The van der Waals surface area contributed by atoms with Gasteiger partial charge in [0.05, 0.1) is 13.1 Å². The third kappa shape index (κ3) is 5.40. The highest BCUT2D eigenvalue weighted by Gasteiger charge is 1.93. The smallest absolute Gasteiger partial charge is 0.307 e. The molecular weight excluding hydrogens is 99.0 g/mol. The molecule has 0 saturated heterocycles. The van der Waals surface area contributed by atoms with Crippen molar-refractivity contribution in [2.75, 3.05) is 6.67 Å². The van der Waals surface area contributed by atoms with Crippen molar-refractivity contribution in [2.45, 2.75) is 6.42 Å². The van der Waals surface area contributed by atoms with E-state index < -0.39 is 12.6 Å². The molecule has 0 unspecified atom stereocenters. The predicted octanol–water partition coefficient (Wildman–Crippen LogP) is 0.635. The van der Waals surface area contributed by atoms with Crippen LogP contribution in [0.1, 0.15) is 6.42 Å². The van der Waals surface area contributed by atoms with Gasteiger partial charge in [-0.25, -0.2) is 0 Å². The molecule has 0 aromatic rings. The summed E-state index contributed by atoms with van der Waals surface area (Å²) < 4.78 is 11.1. The molecule has 41 valence electrons. The lowest BCUT2D eigenvalue weighted by Gasteiger charge is -1.83. The van der Waals surface area contributed by atoms with Crippen LogP contribution >= 0.6 is 0 Å². The fourth-order valence-corrected chi connectivity index (χ4v) is 0.178. The normalized spacial score (nSPS) is 8.71. The van der Waals surface area contributed by atoms with Gasteiger partial charge in [-0.05, 0) is 6.42 Å². The molecule has 0 aliphatic heterocycles. The Kier molecular flexibility index (Phi) is 3.28. The van der Waals surface area contributed by atoms with Crippen LogP contribution in [0.15, 0.2) is 0 Å². The molecule has 0 aromatic heterocycles. The molecule has 0 aliphatic rings. The fourth-order valence-electron chi connectivity index (χ4n) is 0.178. The highest BCUT2D eigenvalue weighted by atomic mass is 19.1. The third-order valence-electron chi connectivity index (χ3n) is 0.428. The molecule has 0 amide bonds. The van der Waals surface area contributed by atoms with Crippen LogP contribution in [0.2, 0.25) is 0 Å². The van der Waals surface area contributed by atoms with E-state index in [0.29, 0.717) is 0 Å². The van der Waals surface area contributed by atoms with Gasteiger partial charge in [0.2, 0.25) is 0 Å². The molecule has 0 spiro atoms. The van der Waals surface area contributed by atoms with E-state index >= 15 is 0 Å². The van der Waals surface area contributed by atoms with E-state index in [2.05, 4.69) is 0 Å². The number of carboxylic acid groups (broad SMARTS) is 1. The second kappa shape index (κ2) is 3.59. The van der Waals surface area contributed by atoms with Gasteiger partial charge in [-0.3, -0.25) is 9.18 Å². The van der Waals surface area contributed by atoms with E-state index in [1.165, 1.54) is 0 Å². The monoisotopic (exact) mass is 105 g/mol. The Hall–Kier alpha value is -0.600. The molecule has 0 rings (SSSR count). The summed E-state index contributed by atoms with van der Waals surface area (Å²) in [6.45, 7) is -0.591. The minimum atomic E-state index is -1.06. The Morgan fingerprint density at radius 3 is 2.57 bits per heavy atom. The van der Waals surface area contributed by atoms with Gasteiger partial charge in [0.1, 0.15) is 0 Å². The predicted molar refractivity (Wildman–Crippen MR) is 22.5 cm³/mol. The van der Waals surface area contributed by atoms with Crippen molar-refractivity contribution in [1.82, 2.24) is 0 Å². The van der Waals surface area contributed by atoms with Crippen LogP contribution < -0.4 is 0 Å². The molecule has 0 bridgehead atoms. The Labute approximate surface area is 41.0 Å². The SMILES string of the molecule is O=C(O)[CH]CCF. The summed E-state index contributed by atoms with van der Waals surface area (Å²) in [7, 11) is 0. The summed E-state index contributed by atoms with van der Waals surface area (Å²) in [5.74, 6) is -1.06. The zero-order valence-corrected chi connectivity index (χ0v) is 3.72. The van der Waals surface area contributed by atoms with Crippen molar-refractivity contribution < 1.29 is 14.3 Å². The van der Waals surface area contributed by atoms with Crippen LogP contribution in [0.4, 0.5) is 4.39 Å². The number of alkyl halides is 1. The third-order valence-corrected chi connectivity index (χ3v) is 0.428. The lowest BCUT2D eigenvalue weighted by molar-refractivity contribution is -0.133. The van der Waals surface area contributed by atoms with Crippen molar-refractivity contribution in [3.05, 3.63) is 6.42 Å². The largest absolute Gasteiger partial charge is 0.481 e. The van der Waals surface area contributed by atoms with Crippen molar-refractivity contribution in [1.29, 1.82) is 0 Å². The second-order valence-electron chi connectivity index (χ2n) is 1.02. The molecule has 2 nitrogen and oxygen atoms in total. The number of hydrogen-bond acceptors (Lipinski definition) is 1. The summed E-state index contributed by atoms with van der Waals surface area (Å²) in [5.41, 5.74) is 0. The Bertz CT molecular complexity index is 62.7. The van der Waals surface area contributed by atoms with E-state index in [1.54, 1.807) is 0 Å². The van der Waals surface area contributed by atoms with E-state index in [1.807, 2.05) is 0 Å². The molecule has 0 aliphatic carbocycles. The zero-order valence-electron chi connectivity index (χ0n) is 3.72. The van der Waals surface area contributed by atoms with Crippen molar-refractivity contribution >= 4 is 5.97 Å². The van der Waals surface area contributed by atoms with Crippen LogP contribution in [-0.4, -0.2) is 17.8 Å². The second-order valence-corrected chi connectivity index (χ2v) is 1.02. The number of rotatable bonds is 3. The number of hydrogen-bond donors (Lipinski definition) is 1. The highest BCUT2D eigenvalue weighted by Crippen LogP contribution is 1.85. The van der Waals surface area contributed by atoms with Crippen LogP contribution in [0.25, 0.3) is 0 Å². The Balaban J connectivity index is 2.82. The first-order valence-electron chi connectivity index (χ1n) is 1.89. The van der Waals surface area contributed by atoms with Crippen LogP contribution in [0, 0.1) is 6.42 Å². The lowest BCUT2D eigenvalue weighted by Crippen LogP contribution is -1.94. The zero-order chi connectivity index (χ0) is 5.70. The van der Waals surface area contributed by atoms with Gasteiger partial charge in [-0.2, -0.15) is 0 Å². The van der Waals surface area contributed by atoms with Gasteiger partial charge in [-0.1, -0.05) is 0 Å². The quantitative estimate of drug-likeness (QED) is 0.571. The van der Waals surface area contributed by atoms with Crippen LogP contribution in [-0.2, 0) is 4.79 Å². The van der Waals surface area contributed by atoms with Gasteiger partial charge >= 0.3 is 5.97 Å². The maximum Gasteiger partial charge on any atom is 0.307 e. The van der Waals surface area contributed by atoms with E-state index in [4.69, 9.17) is 5.11 Å². The summed E-state index contributed by atoms with van der Waals surface area (Å²) >= 11 is 0. The van der Waals surface area contributed by atoms with Crippen molar-refractivity contribution in [3.63, 3.8) is 0 Å². The standard InChI is InChI=1S/C4H6FO2/c5-3-1-2-4(6)7/h2H,1,3H2,(H,6,7). The molecule has 1 radical (unpaired) electrons. The Morgan fingerprint density at radius 2 is 2.43 bits per heavy atom. The maximum atomic E-state index is 11.1. The molecule has 3 heteroatoms. The van der Waals surface area contributed by atoms with E-state index in [-0.39, 0.29) is 6.42 Å². The highest BCUT2D eigenvalue weighted by molar-refractivity contribution is 5.76. The molecule has 7 heavy (non-hydrogen) atoms. The number of carboxylic acids is 1. The number of aliphatic carboxylic acids is 1. The number of carbonyl (C=O) groups is 1. The maximum absolute atomic E-state index is 11.1. The summed E-state index contributed by atoms with van der Waals surface area (Å²) in [4.78, 5) is 9.54. The molecule has 0 atom stereocenters. The molecular formula is C4H6FO2. The van der Waals surface area contributed by atoms with Gasteiger partial charge in [0.15, 0.2) is 0 Å². The fraction of sp³-hybridized carbons (Fsp3) is 0.500. The van der Waals surface area contributed by atoms with Crippen LogP contribution in [0.5, 0.6) is 0 Å². The summed E-state index contributed by atoms with van der Waals surface area (Å²) in [6, 6.07) is 0. The molecule has 0 aromatic carbocycles. The molecule has 0 fully saturated rings. The molecule has 1 N–H and O–H groups in total. The van der Waals surface area contributed by atoms with Crippen LogP contribution in [0.3, 0.4) is 0 Å². The average molecular weight is 105 g/mol. The van der Waals surface area contributed by atoms with Crippen molar-refractivity contribution in [3.8, 4) is 0 Å². The minimum Gasteiger partial charge on any atom is -0.481 e.